The summed E-state index contributed by atoms with van der Waals surface area (Å²) in [6, 6.07) is 4.87. The number of anilines is 1. The number of hydrogen-bond acceptors (Lipinski definition) is 5. The molecule has 4 nitrogen and oxygen atoms in total. The minimum atomic E-state index is 0.479. The van der Waals surface area contributed by atoms with E-state index in [2.05, 4.69) is 42.7 Å². The summed E-state index contributed by atoms with van der Waals surface area (Å²) >= 11 is 1.81. The molecule has 5 heteroatoms. The first-order chi connectivity index (χ1) is 10.1. The number of fused-ring (bicyclic) bond motifs is 1. The molecule has 0 saturated carbocycles. The van der Waals surface area contributed by atoms with Gasteiger partial charge in [-0.1, -0.05) is 17.4 Å². The number of piperazine rings is 1. The van der Waals surface area contributed by atoms with Crippen LogP contribution in [-0.4, -0.2) is 48.6 Å². The zero-order valence-corrected chi connectivity index (χ0v) is 13.9. The van der Waals surface area contributed by atoms with Crippen LogP contribution in [-0.2, 0) is 0 Å². The topological polar surface area (TPSA) is 45.4 Å². The lowest BCUT2D eigenvalue weighted by atomic mass is 10.1. The molecule has 1 saturated heterocycles. The highest BCUT2D eigenvalue weighted by Gasteiger charge is 2.22. The average molecular weight is 304 g/mol. The third kappa shape index (κ3) is 2.78. The molecule has 3 rings (SSSR count). The molecule has 2 aromatic rings. The quantitative estimate of drug-likeness (QED) is 0.946. The van der Waals surface area contributed by atoms with Crippen molar-refractivity contribution in [1.29, 1.82) is 0 Å². The second-order valence-electron chi connectivity index (χ2n) is 5.96. The molecule has 0 bridgehead atoms. The Balaban J connectivity index is 1.78. The lowest BCUT2D eigenvalue weighted by molar-refractivity contribution is 0.201. The first kappa shape index (κ1) is 14.8. The van der Waals surface area contributed by atoms with Gasteiger partial charge in [0.2, 0.25) is 0 Å². The Labute approximate surface area is 130 Å². The third-order valence-corrected chi connectivity index (χ3v) is 5.70. The summed E-state index contributed by atoms with van der Waals surface area (Å²) < 4.78 is 1.30. The first-order valence-corrected chi connectivity index (χ1v) is 8.47. The minimum absolute atomic E-state index is 0.479. The SMILES string of the molecule is Cc1ccc2sc(N3CCN(C(C)CN)CC3)nc2c1C. The molecule has 2 N–H and O–H groups in total. The molecule has 114 valence electrons. The minimum Gasteiger partial charge on any atom is -0.345 e. The Kier molecular flexibility index (Phi) is 4.15. The van der Waals surface area contributed by atoms with Crippen molar-refractivity contribution in [3.05, 3.63) is 23.3 Å². The molecule has 2 heterocycles. The van der Waals surface area contributed by atoms with Gasteiger partial charge in [0.05, 0.1) is 10.2 Å². The van der Waals surface area contributed by atoms with Crippen molar-refractivity contribution >= 4 is 26.7 Å². The van der Waals surface area contributed by atoms with E-state index >= 15 is 0 Å². The summed E-state index contributed by atoms with van der Waals surface area (Å²) in [5.41, 5.74) is 9.57. The second-order valence-corrected chi connectivity index (χ2v) is 6.97. The molecule has 1 aromatic heterocycles. The molecule has 1 unspecified atom stereocenters. The molecule has 0 spiro atoms. The van der Waals surface area contributed by atoms with E-state index in [-0.39, 0.29) is 0 Å². The predicted octanol–water partition coefficient (Wildman–Crippen LogP) is 2.38. The van der Waals surface area contributed by atoms with Crippen molar-refractivity contribution < 1.29 is 0 Å². The highest BCUT2D eigenvalue weighted by molar-refractivity contribution is 7.22. The van der Waals surface area contributed by atoms with E-state index in [9.17, 15) is 0 Å². The molecule has 0 aliphatic carbocycles. The van der Waals surface area contributed by atoms with Crippen molar-refractivity contribution in [2.75, 3.05) is 37.6 Å². The summed E-state index contributed by atoms with van der Waals surface area (Å²) in [5, 5.41) is 1.17. The van der Waals surface area contributed by atoms with Crippen LogP contribution in [0.1, 0.15) is 18.1 Å². The van der Waals surface area contributed by atoms with Crippen molar-refractivity contribution in [3.63, 3.8) is 0 Å². The largest absolute Gasteiger partial charge is 0.345 e. The van der Waals surface area contributed by atoms with Gasteiger partial charge in [0, 0.05) is 38.8 Å². The Hall–Kier alpha value is -1.17. The van der Waals surface area contributed by atoms with Crippen LogP contribution in [0.15, 0.2) is 12.1 Å². The van der Waals surface area contributed by atoms with E-state index in [0.717, 1.165) is 32.7 Å². The van der Waals surface area contributed by atoms with Gasteiger partial charge < -0.3 is 10.6 Å². The second kappa shape index (κ2) is 5.91. The molecule has 21 heavy (non-hydrogen) atoms. The van der Waals surface area contributed by atoms with Crippen molar-refractivity contribution in [3.8, 4) is 0 Å². The van der Waals surface area contributed by atoms with Crippen molar-refractivity contribution in [2.45, 2.75) is 26.8 Å². The highest BCUT2D eigenvalue weighted by Crippen LogP contribution is 2.32. The smallest absolute Gasteiger partial charge is 0.186 e. The van der Waals surface area contributed by atoms with Gasteiger partial charge in [0.1, 0.15) is 0 Å². The predicted molar refractivity (Wildman–Crippen MR) is 91.4 cm³/mol. The van der Waals surface area contributed by atoms with E-state index in [1.54, 1.807) is 0 Å². The van der Waals surface area contributed by atoms with Crippen LogP contribution >= 0.6 is 11.3 Å². The van der Waals surface area contributed by atoms with Crippen LogP contribution in [0.4, 0.5) is 5.13 Å². The molecular weight excluding hydrogens is 280 g/mol. The van der Waals surface area contributed by atoms with Gasteiger partial charge in [-0.05, 0) is 38.0 Å². The summed E-state index contributed by atoms with van der Waals surface area (Å²) in [6.45, 7) is 11.5. The maximum absolute atomic E-state index is 5.76. The van der Waals surface area contributed by atoms with Gasteiger partial charge in [0.25, 0.3) is 0 Å². The maximum Gasteiger partial charge on any atom is 0.186 e. The van der Waals surface area contributed by atoms with E-state index in [4.69, 9.17) is 10.7 Å². The van der Waals surface area contributed by atoms with Crippen LogP contribution in [0, 0.1) is 13.8 Å². The summed E-state index contributed by atoms with van der Waals surface area (Å²) in [5.74, 6) is 0. The lowest BCUT2D eigenvalue weighted by Gasteiger charge is -2.37. The Morgan fingerprint density at radius 1 is 1.24 bits per heavy atom. The molecule has 1 aliphatic heterocycles. The summed E-state index contributed by atoms with van der Waals surface area (Å²) in [6.07, 6.45) is 0. The monoisotopic (exact) mass is 304 g/mol. The summed E-state index contributed by atoms with van der Waals surface area (Å²) in [4.78, 5) is 9.78. The number of rotatable bonds is 3. The van der Waals surface area contributed by atoms with Crippen LogP contribution in [0.5, 0.6) is 0 Å². The van der Waals surface area contributed by atoms with Gasteiger partial charge in [0.15, 0.2) is 5.13 Å². The van der Waals surface area contributed by atoms with Gasteiger partial charge in [-0.25, -0.2) is 4.98 Å². The lowest BCUT2D eigenvalue weighted by Crippen LogP contribution is -2.51. The zero-order chi connectivity index (χ0) is 15.0. The Bertz CT molecular complexity index is 628. The number of aryl methyl sites for hydroxylation is 2. The fourth-order valence-corrected chi connectivity index (χ4v) is 3.93. The van der Waals surface area contributed by atoms with Crippen molar-refractivity contribution in [2.24, 2.45) is 5.73 Å². The van der Waals surface area contributed by atoms with Crippen LogP contribution in [0.3, 0.4) is 0 Å². The Morgan fingerprint density at radius 2 is 1.95 bits per heavy atom. The van der Waals surface area contributed by atoms with Crippen molar-refractivity contribution in [1.82, 2.24) is 9.88 Å². The Morgan fingerprint density at radius 3 is 2.62 bits per heavy atom. The van der Waals surface area contributed by atoms with Gasteiger partial charge >= 0.3 is 0 Å². The number of nitrogens with two attached hydrogens (primary N) is 1. The zero-order valence-electron chi connectivity index (χ0n) is 13.1. The van der Waals surface area contributed by atoms with Gasteiger partial charge in [-0.3, -0.25) is 4.90 Å². The van der Waals surface area contributed by atoms with E-state index in [1.165, 1.54) is 26.5 Å². The van der Waals surface area contributed by atoms with Crippen LogP contribution in [0.25, 0.3) is 10.2 Å². The van der Waals surface area contributed by atoms with E-state index < -0.39 is 0 Å². The van der Waals surface area contributed by atoms with Crippen LogP contribution < -0.4 is 10.6 Å². The number of hydrogen-bond donors (Lipinski definition) is 1. The fourth-order valence-electron chi connectivity index (χ4n) is 2.85. The number of aromatic nitrogens is 1. The van der Waals surface area contributed by atoms with Gasteiger partial charge in [-0.15, -0.1) is 0 Å². The maximum atomic E-state index is 5.76. The van der Waals surface area contributed by atoms with E-state index in [0.29, 0.717) is 6.04 Å². The number of thiazole rings is 1. The molecule has 0 amide bonds. The number of benzene rings is 1. The molecule has 1 fully saturated rings. The summed E-state index contributed by atoms with van der Waals surface area (Å²) in [7, 11) is 0. The van der Waals surface area contributed by atoms with E-state index in [1.807, 2.05) is 11.3 Å². The number of nitrogens with zero attached hydrogens (tertiary/aromatic N) is 3. The first-order valence-electron chi connectivity index (χ1n) is 7.66. The van der Waals surface area contributed by atoms with Gasteiger partial charge in [-0.2, -0.15) is 0 Å². The highest BCUT2D eigenvalue weighted by atomic mass is 32.1. The normalized spacial score (nSPS) is 18.4. The average Bonchev–Trinajstić information content (AvgIpc) is 2.95. The molecule has 1 aromatic carbocycles. The van der Waals surface area contributed by atoms with Crippen LogP contribution in [0.2, 0.25) is 0 Å². The molecule has 1 aliphatic rings. The third-order valence-electron chi connectivity index (χ3n) is 4.62. The fraction of sp³-hybridized carbons (Fsp3) is 0.562. The standard InChI is InChI=1S/C16H24N4S/c1-11-4-5-14-15(13(11)3)18-16(21-14)20-8-6-19(7-9-20)12(2)10-17/h4-5,12H,6-10,17H2,1-3H3. The molecule has 1 atom stereocenters. The molecule has 0 radical (unpaired) electrons. The molecular formula is C16H24N4S.